The Morgan fingerprint density at radius 1 is 1.09 bits per heavy atom. The fraction of sp³-hybridized carbons (Fsp3) is 0.231. The van der Waals surface area contributed by atoms with Gasteiger partial charge in [-0.25, -0.2) is 9.80 Å². The van der Waals surface area contributed by atoms with Crippen LogP contribution in [0.15, 0.2) is 78.2 Å². The molecule has 0 radical (unpaired) electrons. The van der Waals surface area contributed by atoms with Gasteiger partial charge >= 0.3 is 6.03 Å². The molecule has 1 fully saturated rings. The summed E-state index contributed by atoms with van der Waals surface area (Å²) >= 11 is 5.95. The normalized spacial score (nSPS) is 19.7. The number of halogens is 1. The molecule has 0 spiro atoms. The lowest BCUT2D eigenvalue weighted by Gasteiger charge is -2.24. The standard InChI is InChI=1S/C26H24ClN5O3/c27-19-9-7-17(8-10-19)15-31-16-20(12-25(31)34)29-26(35)32-23(21-5-1-2-6-24(21)33)13-22(30-32)18-4-3-11-28-14-18/h1-11,14,20,23,33H,12-13,15-16H2,(H,29,35). The third-order valence-corrected chi connectivity index (χ3v) is 6.49. The first kappa shape index (κ1) is 22.9. The van der Waals surface area contributed by atoms with Crippen molar-refractivity contribution in [2.45, 2.75) is 31.5 Å². The van der Waals surface area contributed by atoms with Crippen molar-refractivity contribution in [3.8, 4) is 5.75 Å². The molecule has 3 heterocycles. The lowest BCUT2D eigenvalue weighted by atomic mass is 9.98. The van der Waals surface area contributed by atoms with Gasteiger partial charge in [0.2, 0.25) is 5.91 Å². The highest BCUT2D eigenvalue weighted by atomic mass is 35.5. The summed E-state index contributed by atoms with van der Waals surface area (Å²) in [6, 6.07) is 16.8. The van der Waals surface area contributed by atoms with Crippen molar-refractivity contribution in [1.82, 2.24) is 20.2 Å². The molecule has 2 atom stereocenters. The monoisotopic (exact) mass is 489 g/mol. The van der Waals surface area contributed by atoms with Gasteiger partial charge in [-0.15, -0.1) is 0 Å². The van der Waals surface area contributed by atoms with Gasteiger partial charge in [0.25, 0.3) is 0 Å². The molecule has 0 bridgehead atoms. The van der Waals surface area contributed by atoms with E-state index >= 15 is 0 Å². The number of hydrogen-bond acceptors (Lipinski definition) is 5. The number of rotatable bonds is 5. The summed E-state index contributed by atoms with van der Waals surface area (Å²) in [7, 11) is 0. The Morgan fingerprint density at radius 2 is 1.89 bits per heavy atom. The van der Waals surface area contributed by atoms with Gasteiger partial charge in [0.05, 0.1) is 17.8 Å². The number of nitrogens with one attached hydrogen (secondary N) is 1. The van der Waals surface area contributed by atoms with E-state index in [1.54, 1.807) is 47.6 Å². The number of carbonyl (C=O) groups is 2. The molecule has 8 nitrogen and oxygen atoms in total. The third-order valence-electron chi connectivity index (χ3n) is 6.24. The van der Waals surface area contributed by atoms with Crippen LogP contribution in [-0.4, -0.2) is 50.2 Å². The van der Waals surface area contributed by atoms with E-state index in [0.29, 0.717) is 35.8 Å². The first-order valence-corrected chi connectivity index (χ1v) is 11.7. The Balaban J connectivity index is 1.32. The largest absolute Gasteiger partial charge is 0.508 e. The fourth-order valence-corrected chi connectivity index (χ4v) is 4.62. The molecule has 2 aliphatic heterocycles. The van der Waals surface area contributed by atoms with Crippen LogP contribution in [0.25, 0.3) is 0 Å². The second kappa shape index (κ2) is 9.76. The molecule has 2 aliphatic rings. The van der Waals surface area contributed by atoms with Gasteiger partial charge < -0.3 is 15.3 Å². The molecule has 2 N–H and O–H groups in total. The molecule has 35 heavy (non-hydrogen) atoms. The molecular weight excluding hydrogens is 466 g/mol. The van der Waals surface area contributed by atoms with Crippen molar-refractivity contribution in [1.29, 1.82) is 0 Å². The molecule has 9 heteroatoms. The molecule has 2 aromatic carbocycles. The molecule has 178 valence electrons. The minimum absolute atomic E-state index is 0.0246. The van der Waals surface area contributed by atoms with E-state index in [0.717, 1.165) is 11.1 Å². The maximum Gasteiger partial charge on any atom is 0.338 e. The van der Waals surface area contributed by atoms with Gasteiger partial charge in [0, 0.05) is 54.5 Å². The third kappa shape index (κ3) is 4.97. The quantitative estimate of drug-likeness (QED) is 0.563. The zero-order valence-electron chi connectivity index (χ0n) is 18.8. The van der Waals surface area contributed by atoms with Gasteiger partial charge in [-0.3, -0.25) is 9.78 Å². The van der Waals surface area contributed by atoms with Crippen molar-refractivity contribution in [2.75, 3.05) is 6.54 Å². The van der Waals surface area contributed by atoms with E-state index < -0.39 is 12.1 Å². The number of aromatic nitrogens is 1. The van der Waals surface area contributed by atoms with E-state index in [1.807, 2.05) is 30.3 Å². The number of likely N-dealkylation sites (tertiary alicyclic amines) is 1. The second-order valence-electron chi connectivity index (χ2n) is 8.66. The Bertz CT molecular complexity index is 1270. The van der Waals surface area contributed by atoms with Crippen LogP contribution in [0.4, 0.5) is 4.79 Å². The lowest BCUT2D eigenvalue weighted by molar-refractivity contribution is -0.128. The van der Waals surface area contributed by atoms with Crippen LogP contribution in [0.1, 0.15) is 35.6 Å². The van der Waals surface area contributed by atoms with Crippen LogP contribution in [0.5, 0.6) is 5.75 Å². The van der Waals surface area contributed by atoms with E-state index in [4.69, 9.17) is 11.6 Å². The number of carbonyl (C=O) groups excluding carboxylic acids is 2. The molecule has 0 saturated carbocycles. The highest BCUT2D eigenvalue weighted by Crippen LogP contribution is 2.37. The number of urea groups is 1. The molecule has 0 aliphatic carbocycles. The summed E-state index contributed by atoms with van der Waals surface area (Å²) < 4.78 is 0. The van der Waals surface area contributed by atoms with Crippen LogP contribution in [0.3, 0.4) is 0 Å². The number of para-hydroxylation sites is 1. The van der Waals surface area contributed by atoms with Crippen LogP contribution in [0.2, 0.25) is 5.02 Å². The highest BCUT2D eigenvalue weighted by Gasteiger charge is 2.37. The number of aromatic hydroxyl groups is 1. The van der Waals surface area contributed by atoms with Crippen molar-refractivity contribution in [3.63, 3.8) is 0 Å². The summed E-state index contributed by atoms with van der Waals surface area (Å²) in [5.74, 6) is 0.0756. The fourth-order valence-electron chi connectivity index (χ4n) is 4.49. The van der Waals surface area contributed by atoms with Gasteiger partial charge in [-0.2, -0.15) is 5.10 Å². The summed E-state index contributed by atoms with van der Waals surface area (Å²) in [5, 5.41) is 20.0. The number of benzene rings is 2. The average molecular weight is 490 g/mol. The molecule has 2 unspecified atom stereocenters. The highest BCUT2D eigenvalue weighted by molar-refractivity contribution is 6.30. The number of hydrogen-bond donors (Lipinski definition) is 2. The topological polar surface area (TPSA) is 98.1 Å². The van der Waals surface area contributed by atoms with E-state index in [9.17, 15) is 14.7 Å². The zero-order chi connectivity index (χ0) is 24.4. The number of hydrazone groups is 1. The zero-order valence-corrected chi connectivity index (χ0v) is 19.6. The first-order valence-electron chi connectivity index (χ1n) is 11.4. The van der Waals surface area contributed by atoms with Crippen LogP contribution < -0.4 is 5.32 Å². The van der Waals surface area contributed by atoms with E-state index in [1.165, 1.54) is 5.01 Å². The summed E-state index contributed by atoms with van der Waals surface area (Å²) in [4.78, 5) is 31.8. The Hall–Kier alpha value is -3.91. The lowest BCUT2D eigenvalue weighted by Crippen LogP contribution is -2.43. The van der Waals surface area contributed by atoms with Crippen molar-refractivity contribution in [3.05, 3.63) is 94.8 Å². The average Bonchev–Trinajstić information content (AvgIpc) is 3.45. The smallest absolute Gasteiger partial charge is 0.338 e. The molecule has 5 rings (SSSR count). The maximum atomic E-state index is 13.3. The van der Waals surface area contributed by atoms with Crippen molar-refractivity contribution < 1.29 is 14.7 Å². The first-order chi connectivity index (χ1) is 17.0. The number of amides is 3. The number of phenols is 1. The number of pyridine rings is 1. The minimum atomic E-state index is -0.478. The predicted molar refractivity (Wildman–Crippen MR) is 132 cm³/mol. The van der Waals surface area contributed by atoms with Crippen LogP contribution >= 0.6 is 11.6 Å². The number of nitrogens with zero attached hydrogens (tertiary/aromatic N) is 4. The maximum absolute atomic E-state index is 13.3. The Kier molecular flexibility index (Phi) is 6.37. The van der Waals surface area contributed by atoms with Gasteiger partial charge in [0.15, 0.2) is 0 Å². The van der Waals surface area contributed by atoms with Gasteiger partial charge in [-0.05, 0) is 29.8 Å². The van der Waals surface area contributed by atoms with Gasteiger partial charge in [-0.1, -0.05) is 48.0 Å². The predicted octanol–water partition coefficient (Wildman–Crippen LogP) is 4.10. The summed E-state index contributed by atoms with van der Waals surface area (Å²) in [6.07, 6.45) is 4.03. The molecule has 1 saturated heterocycles. The summed E-state index contributed by atoms with van der Waals surface area (Å²) in [6.45, 7) is 0.859. The van der Waals surface area contributed by atoms with E-state index in [2.05, 4.69) is 15.4 Å². The minimum Gasteiger partial charge on any atom is -0.508 e. The molecule has 3 amide bonds. The Labute approximate surface area is 207 Å². The van der Waals surface area contributed by atoms with Crippen molar-refractivity contribution in [2.24, 2.45) is 5.10 Å². The summed E-state index contributed by atoms with van der Waals surface area (Å²) in [5.41, 5.74) is 3.10. The molecular formula is C26H24ClN5O3. The van der Waals surface area contributed by atoms with E-state index in [-0.39, 0.29) is 24.1 Å². The number of phenolic OH excluding ortho intramolecular Hbond substituents is 1. The Morgan fingerprint density at radius 3 is 2.63 bits per heavy atom. The van der Waals surface area contributed by atoms with Gasteiger partial charge in [0.1, 0.15) is 5.75 Å². The van der Waals surface area contributed by atoms with Crippen LogP contribution in [0, 0.1) is 0 Å². The van der Waals surface area contributed by atoms with Crippen LogP contribution in [-0.2, 0) is 11.3 Å². The molecule has 1 aromatic heterocycles. The molecule has 3 aromatic rings. The van der Waals surface area contributed by atoms with Crippen molar-refractivity contribution >= 4 is 29.3 Å². The SMILES string of the molecule is O=C1CC(NC(=O)N2N=C(c3cccnc3)CC2c2ccccc2O)CN1Cc1ccc(Cl)cc1. The second-order valence-corrected chi connectivity index (χ2v) is 9.10.